The van der Waals surface area contributed by atoms with E-state index in [-0.39, 0.29) is 17.7 Å². The number of nitrogens with zero attached hydrogens (tertiary/aromatic N) is 3. The molecular formula is C16H22N4O2S. The van der Waals surface area contributed by atoms with Crippen LogP contribution >= 0.6 is 11.8 Å². The zero-order chi connectivity index (χ0) is 16.4. The second-order valence-corrected chi connectivity index (χ2v) is 7.03. The predicted octanol–water partition coefficient (Wildman–Crippen LogP) is 1.64. The van der Waals surface area contributed by atoms with Crippen molar-refractivity contribution in [2.45, 2.75) is 43.8 Å². The Hall–Kier alpha value is -1.63. The summed E-state index contributed by atoms with van der Waals surface area (Å²) in [5.41, 5.74) is 1.21. The summed E-state index contributed by atoms with van der Waals surface area (Å²) in [6.07, 6.45) is 5.76. The fourth-order valence-electron chi connectivity index (χ4n) is 2.83. The predicted molar refractivity (Wildman–Crippen MR) is 88.3 cm³/mol. The normalized spacial score (nSPS) is 21.1. The van der Waals surface area contributed by atoms with Gasteiger partial charge >= 0.3 is 0 Å². The summed E-state index contributed by atoms with van der Waals surface area (Å²) in [6.45, 7) is 3.03. The zero-order valence-corrected chi connectivity index (χ0v) is 14.4. The van der Waals surface area contributed by atoms with E-state index in [4.69, 9.17) is 0 Å². The molecule has 1 aromatic rings. The number of carbonyl (C=O) groups excluding carboxylic acids is 2. The van der Waals surface area contributed by atoms with E-state index in [0.717, 1.165) is 31.4 Å². The summed E-state index contributed by atoms with van der Waals surface area (Å²) in [4.78, 5) is 35.3. The molecule has 23 heavy (non-hydrogen) atoms. The van der Waals surface area contributed by atoms with Gasteiger partial charge in [-0.1, -0.05) is 11.8 Å². The topological polar surface area (TPSA) is 75.2 Å². The van der Waals surface area contributed by atoms with Crippen molar-refractivity contribution in [1.82, 2.24) is 20.2 Å². The summed E-state index contributed by atoms with van der Waals surface area (Å²) in [6, 6.07) is 2.08. The molecule has 2 heterocycles. The van der Waals surface area contributed by atoms with Crippen LogP contribution in [0.5, 0.6) is 0 Å². The average molecular weight is 334 g/mol. The smallest absolute Gasteiger partial charge is 0.272 e. The van der Waals surface area contributed by atoms with Gasteiger partial charge in [0, 0.05) is 24.8 Å². The molecule has 0 radical (unpaired) electrons. The van der Waals surface area contributed by atoms with E-state index in [9.17, 15) is 9.59 Å². The van der Waals surface area contributed by atoms with Crippen molar-refractivity contribution >= 4 is 23.6 Å². The number of hydrogen-bond donors (Lipinski definition) is 1. The van der Waals surface area contributed by atoms with Crippen LogP contribution in [0.2, 0.25) is 0 Å². The Kier molecular flexibility index (Phi) is 4.84. The maximum Gasteiger partial charge on any atom is 0.272 e. The molecule has 6 nitrogen and oxygen atoms in total. The Morgan fingerprint density at radius 3 is 2.78 bits per heavy atom. The monoisotopic (exact) mass is 334 g/mol. The van der Waals surface area contributed by atoms with Gasteiger partial charge in [0.2, 0.25) is 5.91 Å². The number of carbonyl (C=O) groups is 2. The van der Waals surface area contributed by atoms with Gasteiger partial charge in [-0.25, -0.2) is 9.97 Å². The number of nitrogens with one attached hydrogen (secondary N) is 1. The maximum absolute atomic E-state index is 12.7. The van der Waals surface area contributed by atoms with Crippen molar-refractivity contribution in [1.29, 1.82) is 0 Å². The standard InChI is InChI=1S/C16H22N4O2S/c1-10-8-13(19-16(17-10)23-2)15(22)20-7-3-4-11(9-20)14(21)18-12-5-6-12/h8,11-12H,3-7,9H2,1-2H3,(H,18,21)/t11-/m0/s1. The Labute approximate surface area is 140 Å². The Morgan fingerprint density at radius 2 is 2.09 bits per heavy atom. The van der Waals surface area contributed by atoms with Crippen LogP contribution in [0.1, 0.15) is 41.9 Å². The minimum absolute atomic E-state index is 0.0914. The third kappa shape index (κ3) is 4.02. The van der Waals surface area contributed by atoms with Crippen LogP contribution in [0.15, 0.2) is 11.2 Å². The lowest BCUT2D eigenvalue weighted by molar-refractivity contribution is -0.126. The lowest BCUT2D eigenvalue weighted by atomic mass is 9.96. The van der Waals surface area contributed by atoms with E-state index >= 15 is 0 Å². The second-order valence-electron chi connectivity index (χ2n) is 6.25. The molecule has 1 saturated carbocycles. The minimum Gasteiger partial charge on any atom is -0.353 e. The molecular weight excluding hydrogens is 312 g/mol. The summed E-state index contributed by atoms with van der Waals surface area (Å²) >= 11 is 1.42. The first-order valence-corrected chi connectivity index (χ1v) is 9.28. The van der Waals surface area contributed by atoms with Crippen LogP contribution in [0.3, 0.4) is 0 Å². The van der Waals surface area contributed by atoms with Crippen LogP contribution in [-0.4, -0.2) is 52.1 Å². The number of amides is 2. The van der Waals surface area contributed by atoms with Crippen LogP contribution in [0.4, 0.5) is 0 Å². The van der Waals surface area contributed by atoms with Gasteiger partial charge in [-0.15, -0.1) is 0 Å². The van der Waals surface area contributed by atoms with E-state index in [1.165, 1.54) is 11.8 Å². The zero-order valence-electron chi connectivity index (χ0n) is 13.5. The summed E-state index contributed by atoms with van der Waals surface area (Å²) < 4.78 is 0. The first kappa shape index (κ1) is 16.2. The van der Waals surface area contributed by atoms with Gasteiger partial charge in [0.25, 0.3) is 5.91 Å². The number of aryl methyl sites for hydroxylation is 1. The summed E-state index contributed by atoms with van der Waals surface area (Å²) in [7, 11) is 0. The van der Waals surface area contributed by atoms with Crippen LogP contribution < -0.4 is 5.32 Å². The number of aromatic nitrogens is 2. The number of hydrogen-bond acceptors (Lipinski definition) is 5. The van der Waals surface area contributed by atoms with Gasteiger partial charge in [-0.2, -0.15) is 0 Å². The SMILES string of the molecule is CSc1nc(C)cc(C(=O)N2CCC[C@H](C(=O)NC3CC3)C2)n1. The molecule has 1 saturated heterocycles. The number of likely N-dealkylation sites (tertiary alicyclic amines) is 1. The quantitative estimate of drug-likeness (QED) is 0.669. The molecule has 124 valence electrons. The molecule has 0 spiro atoms. The van der Waals surface area contributed by atoms with Crippen molar-refractivity contribution in [3.8, 4) is 0 Å². The van der Waals surface area contributed by atoms with Crippen LogP contribution in [0.25, 0.3) is 0 Å². The second kappa shape index (κ2) is 6.86. The van der Waals surface area contributed by atoms with E-state index in [1.807, 2.05) is 13.2 Å². The van der Waals surface area contributed by atoms with Gasteiger partial charge in [0.15, 0.2) is 5.16 Å². The lowest BCUT2D eigenvalue weighted by Gasteiger charge is -2.32. The maximum atomic E-state index is 12.7. The molecule has 0 aromatic carbocycles. The molecule has 2 amide bonds. The lowest BCUT2D eigenvalue weighted by Crippen LogP contribution is -2.46. The molecule has 0 unspecified atom stereocenters. The molecule has 7 heteroatoms. The summed E-state index contributed by atoms with van der Waals surface area (Å²) in [5, 5.41) is 3.65. The highest BCUT2D eigenvalue weighted by atomic mass is 32.2. The number of rotatable bonds is 4. The van der Waals surface area contributed by atoms with Crippen molar-refractivity contribution in [2.75, 3.05) is 19.3 Å². The van der Waals surface area contributed by atoms with Gasteiger partial charge in [-0.05, 0) is 44.9 Å². The third-order valence-corrected chi connectivity index (χ3v) is 4.79. The fraction of sp³-hybridized carbons (Fsp3) is 0.625. The van der Waals surface area contributed by atoms with E-state index in [1.54, 1.807) is 11.0 Å². The van der Waals surface area contributed by atoms with E-state index < -0.39 is 0 Å². The van der Waals surface area contributed by atoms with Gasteiger partial charge < -0.3 is 10.2 Å². The molecule has 2 fully saturated rings. The highest BCUT2D eigenvalue weighted by Gasteiger charge is 2.32. The third-order valence-electron chi connectivity index (χ3n) is 4.24. The van der Waals surface area contributed by atoms with Crippen LogP contribution in [0, 0.1) is 12.8 Å². The van der Waals surface area contributed by atoms with E-state index in [2.05, 4.69) is 15.3 Å². The molecule has 1 aliphatic heterocycles. The van der Waals surface area contributed by atoms with Crippen molar-refractivity contribution in [3.05, 3.63) is 17.5 Å². The van der Waals surface area contributed by atoms with Gasteiger partial charge in [-0.3, -0.25) is 9.59 Å². The first-order valence-electron chi connectivity index (χ1n) is 8.06. The van der Waals surface area contributed by atoms with Crippen molar-refractivity contribution < 1.29 is 9.59 Å². The molecule has 3 rings (SSSR count). The molecule has 0 bridgehead atoms. The number of thioether (sulfide) groups is 1. The van der Waals surface area contributed by atoms with Crippen molar-refractivity contribution in [3.63, 3.8) is 0 Å². The first-order chi connectivity index (χ1) is 11.1. The molecule has 1 aliphatic carbocycles. The van der Waals surface area contributed by atoms with Gasteiger partial charge in [0.1, 0.15) is 5.69 Å². The molecule has 2 aliphatic rings. The highest BCUT2D eigenvalue weighted by Crippen LogP contribution is 2.23. The molecule has 1 N–H and O–H groups in total. The highest BCUT2D eigenvalue weighted by molar-refractivity contribution is 7.98. The Morgan fingerprint density at radius 1 is 1.30 bits per heavy atom. The van der Waals surface area contributed by atoms with E-state index in [0.29, 0.717) is 30.0 Å². The van der Waals surface area contributed by atoms with Crippen molar-refractivity contribution in [2.24, 2.45) is 5.92 Å². The fourth-order valence-corrected chi connectivity index (χ4v) is 3.25. The molecule has 1 atom stereocenters. The average Bonchev–Trinajstić information content (AvgIpc) is 3.37. The number of piperidine rings is 1. The largest absolute Gasteiger partial charge is 0.353 e. The Balaban J connectivity index is 1.68. The summed E-state index contributed by atoms with van der Waals surface area (Å²) in [5.74, 6) is -0.111. The van der Waals surface area contributed by atoms with Crippen LogP contribution in [-0.2, 0) is 4.79 Å². The van der Waals surface area contributed by atoms with Gasteiger partial charge in [0.05, 0.1) is 5.92 Å². The Bertz CT molecular complexity index is 618. The minimum atomic E-state index is -0.102. The molecule has 1 aromatic heterocycles.